The molecule has 4 aliphatic carbocycles. The van der Waals surface area contributed by atoms with Crippen molar-refractivity contribution in [1.82, 2.24) is 0 Å². The molecule has 4 aliphatic rings. The molecule has 0 unspecified atom stereocenters. The van der Waals surface area contributed by atoms with Crippen LogP contribution >= 0.6 is 15.9 Å². The summed E-state index contributed by atoms with van der Waals surface area (Å²) in [6, 6.07) is 0. The molecule has 0 aromatic carbocycles. The first kappa shape index (κ1) is 20.3. The van der Waals surface area contributed by atoms with Gasteiger partial charge in [0.15, 0.2) is 4.69 Å². The highest BCUT2D eigenvalue weighted by Crippen LogP contribution is 2.66. The SMILES string of the molecule is COC[C@@]1(O)CC[C@@]2(F)[C@H](CC[C@H]3[C@@H]4CC[C@@H](CC(=O)Br)[C@]4(C)CC[C@@H]32)C1. The number of hydrogen-bond acceptors (Lipinski definition) is 3. The van der Waals surface area contributed by atoms with Crippen molar-refractivity contribution in [2.75, 3.05) is 13.7 Å². The van der Waals surface area contributed by atoms with E-state index in [0.717, 1.165) is 38.5 Å². The summed E-state index contributed by atoms with van der Waals surface area (Å²) in [6.07, 6.45) is 8.38. The first-order valence-corrected chi connectivity index (χ1v) is 11.6. The molecule has 0 saturated heterocycles. The molecular formula is C22H34BrFO3. The van der Waals surface area contributed by atoms with Crippen molar-refractivity contribution in [2.45, 2.75) is 82.4 Å². The Morgan fingerprint density at radius 3 is 2.63 bits per heavy atom. The van der Waals surface area contributed by atoms with Gasteiger partial charge in [0.1, 0.15) is 5.67 Å². The van der Waals surface area contributed by atoms with Crippen LogP contribution in [0, 0.1) is 35.0 Å². The van der Waals surface area contributed by atoms with Gasteiger partial charge in [-0.05, 0) is 109 Å². The van der Waals surface area contributed by atoms with Gasteiger partial charge in [0.2, 0.25) is 0 Å². The Bertz CT molecular complexity index is 600. The lowest BCUT2D eigenvalue weighted by atomic mass is 9.48. The highest BCUT2D eigenvalue weighted by molar-refractivity contribution is 9.18. The van der Waals surface area contributed by atoms with Crippen LogP contribution in [0.2, 0.25) is 0 Å². The van der Waals surface area contributed by atoms with Crippen molar-refractivity contribution in [3.63, 3.8) is 0 Å². The molecule has 4 fully saturated rings. The summed E-state index contributed by atoms with van der Waals surface area (Å²) in [5.74, 6) is 1.57. The van der Waals surface area contributed by atoms with Gasteiger partial charge in [-0.15, -0.1) is 0 Å². The van der Waals surface area contributed by atoms with E-state index in [0.29, 0.717) is 50.0 Å². The monoisotopic (exact) mass is 444 g/mol. The molecule has 1 N–H and O–H groups in total. The predicted octanol–water partition coefficient (Wildman–Crippen LogP) is 5.04. The normalized spacial score (nSPS) is 52.0. The molecule has 3 nitrogen and oxygen atoms in total. The first-order valence-electron chi connectivity index (χ1n) is 10.8. The molecule has 5 heteroatoms. The Kier molecular flexibility index (Phi) is 5.30. The molecule has 0 bridgehead atoms. The van der Waals surface area contributed by atoms with Gasteiger partial charge in [-0.2, -0.15) is 0 Å². The lowest BCUT2D eigenvalue weighted by Gasteiger charge is -2.59. The molecule has 0 amide bonds. The van der Waals surface area contributed by atoms with Gasteiger partial charge in [-0.1, -0.05) is 6.92 Å². The number of fused-ring (bicyclic) bond motifs is 5. The highest BCUT2D eigenvalue weighted by Gasteiger charge is 2.63. The second-order valence-electron chi connectivity index (χ2n) is 10.3. The molecule has 154 valence electrons. The molecule has 8 atom stereocenters. The van der Waals surface area contributed by atoms with E-state index in [4.69, 9.17) is 4.74 Å². The summed E-state index contributed by atoms with van der Waals surface area (Å²) in [5.41, 5.74) is -1.77. The number of alkyl halides is 1. The number of carbonyl (C=O) groups is 1. The highest BCUT2D eigenvalue weighted by atomic mass is 79.9. The molecule has 0 aromatic rings. The third-order valence-electron chi connectivity index (χ3n) is 9.20. The van der Waals surface area contributed by atoms with E-state index in [1.807, 2.05) is 0 Å². The van der Waals surface area contributed by atoms with E-state index in [-0.39, 0.29) is 21.9 Å². The first-order chi connectivity index (χ1) is 12.7. The Morgan fingerprint density at radius 2 is 1.93 bits per heavy atom. The number of halogens is 2. The van der Waals surface area contributed by atoms with Crippen LogP contribution in [0.15, 0.2) is 0 Å². The topological polar surface area (TPSA) is 46.5 Å². The number of hydrogen-bond donors (Lipinski definition) is 1. The van der Waals surface area contributed by atoms with Crippen LogP contribution in [0.5, 0.6) is 0 Å². The molecule has 0 spiro atoms. The van der Waals surface area contributed by atoms with E-state index in [1.54, 1.807) is 7.11 Å². The summed E-state index contributed by atoms with van der Waals surface area (Å²) in [7, 11) is 1.61. The molecule has 0 radical (unpaired) electrons. The second-order valence-corrected chi connectivity index (χ2v) is 11.2. The van der Waals surface area contributed by atoms with Crippen LogP contribution in [-0.2, 0) is 9.53 Å². The number of rotatable bonds is 4. The third-order valence-corrected chi connectivity index (χ3v) is 9.52. The average Bonchev–Trinajstić information content (AvgIpc) is 2.92. The Labute approximate surface area is 170 Å². The van der Waals surface area contributed by atoms with Crippen molar-refractivity contribution in [3.05, 3.63) is 0 Å². The number of carbonyl (C=O) groups excluding carboxylic acids is 1. The maximum Gasteiger partial charge on any atom is 0.198 e. The second kappa shape index (κ2) is 7.05. The zero-order valence-corrected chi connectivity index (χ0v) is 18.3. The quantitative estimate of drug-likeness (QED) is 0.617. The van der Waals surface area contributed by atoms with Gasteiger partial charge in [-0.25, -0.2) is 4.39 Å². The lowest BCUT2D eigenvalue weighted by Crippen LogP contribution is -2.59. The molecule has 0 aromatic heterocycles. The molecule has 4 rings (SSSR count). The fourth-order valence-corrected chi connectivity index (χ4v) is 8.30. The van der Waals surface area contributed by atoms with E-state index in [2.05, 4.69) is 22.9 Å². The van der Waals surface area contributed by atoms with Crippen molar-refractivity contribution in [2.24, 2.45) is 35.0 Å². The molecule has 4 saturated carbocycles. The van der Waals surface area contributed by atoms with Crippen LogP contribution < -0.4 is 0 Å². The van der Waals surface area contributed by atoms with Gasteiger partial charge in [-0.3, -0.25) is 4.79 Å². The van der Waals surface area contributed by atoms with Crippen molar-refractivity contribution < 1.29 is 19.0 Å². The van der Waals surface area contributed by atoms with Gasteiger partial charge in [0, 0.05) is 13.5 Å². The van der Waals surface area contributed by atoms with E-state index < -0.39 is 11.3 Å². The molecule has 0 heterocycles. The largest absolute Gasteiger partial charge is 0.387 e. The zero-order valence-electron chi connectivity index (χ0n) is 16.7. The predicted molar refractivity (Wildman–Crippen MR) is 106 cm³/mol. The Hall–Kier alpha value is -0.0000000000000000555. The third kappa shape index (κ3) is 3.24. The molecular weight excluding hydrogens is 411 g/mol. The number of methoxy groups -OCH3 is 1. The smallest absolute Gasteiger partial charge is 0.198 e. The summed E-state index contributed by atoms with van der Waals surface area (Å²) < 4.78 is 21.7. The van der Waals surface area contributed by atoms with Crippen LogP contribution in [0.25, 0.3) is 0 Å². The van der Waals surface area contributed by atoms with Gasteiger partial charge < -0.3 is 9.84 Å². The summed E-state index contributed by atoms with van der Waals surface area (Å²) >= 11 is 3.14. The minimum atomic E-state index is -1.12. The standard InChI is InChI=1S/C22H34BrFO3/c1-20-8-7-18-16(17(20)6-4-14(20)11-19(23)25)5-3-15-12-21(26,13-27-2)9-10-22(15,18)24/h14-18,26H,3-13H2,1-2H3/t14-,15+,16-,17-,18-,20-,21+,22+/m0/s1. The summed E-state index contributed by atoms with van der Waals surface area (Å²) in [4.78, 5) is 11.7. The van der Waals surface area contributed by atoms with Gasteiger partial charge in [0.25, 0.3) is 0 Å². The average molecular weight is 445 g/mol. The minimum absolute atomic E-state index is 0.0293. The van der Waals surface area contributed by atoms with Crippen LogP contribution in [-0.4, -0.2) is 34.8 Å². The van der Waals surface area contributed by atoms with Crippen molar-refractivity contribution in [3.8, 4) is 0 Å². The van der Waals surface area contributed by atoms with Crippen molar-refractivity contribution >= 4 is 20.6 Å². The van der Waals surface area contributed by atoms with Gasteiger partial charge in [0.05, 0.1) is 12.2 Å². The fraction of sp³-hybridized carbons (Fsp3) is 0.955. The van der Waals surface area contributed by atoms with E-state index >= 15 is 4.39 Å². The lowest BCUT2D eigenvalue weighted by molar-refractivity contribution is -0.177. The number of ether oxygens (including phenoxy) is 1. The molecule has 0 aliphatic heterocycles. The fourth-order valence-electron chi connectivity index (χ4n) is 7.91. The van der Waals surface area contributed by atoms with Crippen molar-refractivity contribution in [1.29, 1.82) is 0 Å². The van der Waals surface area contributed by atoms with Gasteiger partial charge >= 0.3 is 0 Å². The minimum Gasteiger partial charge on any atom is -0.387 e. The Balaban J connectivity index is 1.53. The van der Waals surface area contributed by atoms with Crippen LogP contribution in [0.1, 0.15) is 71.1 Å². The summed E-state index contributed by atoms with van der Waals surface area (Å²) in [6.45, 7) is 2.69. The zero-order chi connectivity index (χ0) is 19.4. The summed E-state index contributed by atoms with van der Waals surface area (Å²) in [5, 5.41) is 10.8. The maximum absolute atomic E-state index is 16.4. The van der Waals surface area contributed by atoms with E-state index in [1.165, 1.54) is 0 Å². The maximum atomic E-state index is 16.4. The molecule has 27 heavy (non-hydrogen) atoms. The van der Waals surface area contributed by atoms with Crippen LogP contribution in [0.4, 0.5) is 4.39 Å². The Morgan fingerprint density at radius 1 is 1.15 bits per heavy atom. The van der Waals surface area contributed by atoms with E-state index in [9.17, 15) is 9.90 Å². The van der Waals surface area contributed by atoms with Crippen LogP contribution in [0.3, 0.4) is 0 Å². The number of aliphatic hydroxyl groups is 1.